The molecule has 1 aromatic heterocycles. The molecule has 0 bridgehead atoms. The maximum atomic E-state index is 13.1. The summed E-state index contributed by atoms with van der Waals surface area (Å²) in [5.74, 6) is 0.565. The van der Waals surface area contributed by atoms with Gasteiger partial charge in [0.05, 0.1) is 22.5 Å². The second-order valence-electron chi connectivity index (χ2n) is 6.73. The second-order valence-corrected chi connectivity index (χ2v) is 8.85. The van der Waals surface area contributed by atoms with Crippen LogP contribution in [0.3, 0.4) is 0 Å². The number of nitrogens with zero attached hydrogens (tertiary/aromatic N) is 3. The number of benzene rings is 2. The molecule has 3 aromatic rings. The Morgan fingerprint density at radius 1 is 1.32 bits per heavy atom. The van der Waals surface area contributed by atoms with Crippen molar-refractivity contribution in [2.45, 2.75) is 36.9 Å². The average Bonchev–Trinajstić information content (AvgIpc) is 3.31. The molecule has 4 rings (SSSR count). The standard InChI is InChI=1S/C19H19ClN4O3S/c1-13-7-15-8-16(9-17(20)19(15)27-13)28(25,26)23-18(10-24-12-21-11-22-24)14-5-3-2-4-6-14/h2-6,8-9,11-13,18,23H,7,10H2,1H3. The zero-order valence-electron chi connectivity index (χ0n) is 15.1. The summed E-state index contributed by atoms with van der Waals surface area (Å²) < 4.78 is 36.3. The van der Waals surface area contributed by atoms with Gasteiger partial charge < -0.3 is 4.74 Å². The summed E-state index contributed by atoms with van der Waals surface area (Å²) in [6.07, 6.45) is 3.56. The van der Waals surface area contributed by atoms with E-state index in [1.807, 2.05) is 37.3 Å². The van der Waals surface area contributed by atoms with Gasteiger partial charge in [-0.25, -0.2) is 18.1 Å². The predicted octanol–water partition coefficient (Wildman–Crippen LogP) is 2.97. The molecule has 0 saturated carbocycles. The van der Waals surface area contributed by atoms with Gasteiger partial charge in [-0.05, 0) is 24.6 Å². The highest BCUT2D eigenvalue weighted by molar-refractivity contribution is 7.89. The van der Waals surface area contributed by atoms with Crippen LogP contribution in [0.25, 0.3) is 0 Å². The van der Waals surface area contributed by atoms with Crippen LogP contribution < -0.4 is 9.46 Å². The number of ether oxygens (including phenoxy) is 1. The maximum Gasteiger partial charge on any atom is 0.241 e. The Labute approximate surface area is 168 Å². The molecule has 28 heavy (non-hydrogen) atoms. The summed E-state index contributed by atoms with van der Waals surface area (Å²) >= 11 is 6.28. The molecule has 2 aromatic carbocycles. The summed E-state index contributed by atoms with van der Waals surface area (Å²) in [7, 11) is -3.82. The number of halogens is 1. The van der Waals surface area contributed by atoms with E-state index in [-0.39, 0.29) is 11.0 Å². The molecule has 1 aliphatic heterocycles. The van der Waals surface area contributed by atoms with E-state index < -0.39 is 16.1 Å². The molecule has 0 spiro atoms. The molecule has 0 fully saturated rings. The first-order chi connectivity index (χ1) is 13.4. The van der Waals surface area contributed by atoms with Gasteiger partial charge in [-0.3, -0.25) is 4.68 Å². The van der Waals surface area contributed by atoms with Crippen LogP contribution in [0.15, 0.2) is 60.0 Å². The van der Waals surface area contributed by atoms with Gasteiger partial charge >= 0.3 is 0 Å². The summed E-state index contributed by atoms with van der Waals surface area (Å²) in [6.45, 7) is 2.23. The van der Waals surface area contributed by atoms with Crippen molar-refractivity contribution in [2.24, 2.45) is 0 Å². The van der Waals surface area contributed by atoms with Gasteiger partial charge in [0, 0.05) is 12.0 Å². The zero-order chi connectivity index (χ0) is 19.7. The van der Waals surface area contributed by atoms with E-state index in [0.717, 1.165) is 11.1 Å². The number of hydrogen-bond acceptors (Lipinski definition) is 5. The fourth-order valence-electron chi connectivity index (χ4n) is 3.28. The van der Waals surface area contributed by atoms with Crippen LogP contribution in [0.1, 0.15) is 24.1 Å². The fourth-order valence-corrected chi connectivity index (χ4v) is 4.92. The van der Waals surface area contributed by atoms with Crippen molar-refractivity contribution in [1.29, 1.82) is 0 Å². The van der Waals surface area contributed by atoms with Gasteiger partial charge in [0.25, 0.3) is 0 Å². The lowest BCUT2D eigenvalue weighted by Crippen LogP contribution is -2.31. The molecular formula is C19H19ClN4O3S. The third-order valence-electron chi connectivity index (χ3n) is 4.57. The van der Waals surface area contributed by atoms with E-state index in [2.05, 4.69) is 14.8 Å². The lowest BCUT2D eigenvalue weighted by atomic mass is 10.1. The van der Waals surface area contributed by atoms with Crippen molar-refractivity contribution in [3.63, 3.8) is 0 Å². The first-order valence-corrected chi connectivity index (χ1v) is 10.7. The summed E-state index contributed by atoms with van der Waals surface area (Å²) in [6, 6.07) is 11.9. The van der Waals surface area contributed by atoms with Crippen molar-refractivity contribution in [3.8, 4) is 5.75 Å². The Bertz CT molecular complexity index is 1070. The fraction of sp³-hybridized carbons (Fsp3) is 0.263. The number of nitrogens with one attached hydrogen (secondary N) is 1. The van der Waals surface area contributed by atoms with E-state index in [1.54, 1.807) is 17.1 Å². The van der Waals surface area contributed by atoms with Gasteiger partial charge in [-0.15, -0.1) is 0 Å². The summed E-state index contributed by atoms with van der Waals surface area (Å²) in [5, 5.41) is 4.39. The van der Waals surface area contributed by atoms with Gasteiger partial charge in [0.15, 0.2) is 0 Å². The Morgan fingerprint density at radius 3 is 2.82 bits per heavy atom. The Hall–Kier alpha value is -2.42. The van der Waals surface area contributed by atoms with Crippen molar-refractivity contribution < 1.29 is 13.2 Å². The molecule has 0 radical (unpaired) electrons. The van der Waals surface area contributed by atoms with Gasteiger partial charge in [-0.2, -0.15) is 5.10 Å². The summed E-state index contributed by atoms with van der Waals surface area (Å²) in [4.78, 5) is 4.04. The second kappa shape index (κ2) is 7.54. The molecule has 1 N–H and O–H groups in total. The van der Waals surface area contributed by atoms with Crippen LogP contribution in [-0.2, 0) is 23.0 Å². The number of aromatic nitrogens is 3. The zero-order valence-corrected chi connectivity index (χ0v) is 16.7. The monoisotopic (exact) mass is 418 g/mol. The maximum absolute atomic E-state index is 13.1. The minimum absolute atomic E-state index is 0.0252. The highest BCUT2D eigenvalue weighted by Gasteiger charge is 2.28. The first-order valence-electron chi connectivity index (χ1n) is 8.81. The van der Waals surface area contributed by atoms with Crippen LogP contribution in [-0.4, -0.2) is 29.3 Å². The molecule has 0 aliphatic carbocycles. The van der Waals surface area contributed by atoms with Crippen molar-refractivity contribution >= 4 is 21.6 Å². The normalized spacial score (nSPS) is 17.1. The van der Waals surface area contributed by atoms with Crippen molar-refractivity contribution in [1.82, 2.24) is 19.5 Å². The van der Waals surface area contributed by atoms with Crippen molar-refractivity contribution in [3.05, 3.63) is 71.3 Å². The molecule has 146 valence electrons. The largest absolute Gasteiger partial charge is 0.489 e. The number of hydrogen-bond donors (Lipinski definition) is 1. The van der Waals surface area contributed by atoms with Crippen LogP contribution in [0.2, 0.25) is 5.02 Å². The summed E-state index contributed by atoms with van der Waals surface area (Å²) in [5.41, 5.74) is 1.62. The van der Waals surface area contributed by atoms with Gasteiger partial charge in [0.2, 0.25) is 10.0 Å². The van der Waals surface area contributed by atoms with Crippen LogP contribution in [0.5, 0.6) is 5.75 Å². The SMILES string of the molecule is CC1Cc2cc(S(=O)(=O)NC(Cn3cncn3)c3ccccc3)cc(Cl)c2O1. The number of rotatable bonds is 6. The van der Waals surface area contributed by atoms with Crippen LogP contribution >= 0.6 is 11.6 Å². The minimum atomic E-state index is -3.82. The molecular weight excluding hydrogens is 400 g/mol. The average molecular weight is 419 g/mol. The van der Waals surface area contributed by atoms with E-state index in [0.29, 0.717) is 23.7 Å². The van der Waals surface area contributed by atoms with Crippen molar-refractivity contribution in [2.75, 3.05) is 0 Å². The molecule has 7 nitrogen and oxygen atoms in total. The molecule has 0 saturated heterocycles. The highest BCUT2D eigenvalue weighted by Crippen LogP contribution is 2.38. The molecule has 1 aliphatic rings. The third kappa shape index (κ3) is 3.89. The molecule has 2 unspecified atom stereocenters. The van der Waals surface area contributed by atoms with E-state index >= 15 is 0 Å². The van der Waals surface area contributed by atoms with E-state index in [1.165, 1.54) is 12.4 Å². The minimum Gasteiger partial charge on any atom is -0.489 e. The number of sulfonamides is 1. The highest BCUT2D eigenvalue weighted by atomic mass is 35.5. The third-order valence-corrected chi connectivity index (χ3v) is 6.30. The lowest BCUT2D eigenvalue weighted by Gasteiger charge is -2.19. The Morgan fingerprint density at radius 2 is 2.11 bits per heavy atom. The van der Waals surface area contributed by atoms with Crippen LogP contribution in [0, 0.1) is 0 Å². The quantitative estimate of drug-likeness (QED) is 0.665. The van der Waals surface area contributed by atoms with Crippen LogP contribution in [0.4, 0.5) is 0 Å². The van der Waals surface area contributed by atoms with Gasteiger partial charge in [-0.1, -0.05) is 41.9 Å². The smallest absolute Gasteiger partial charge is 0.241 e. The Kier molecular flexibility index (Phi) is 5.09. The predicted molar refractivity (Wildman–Crippen MR) is 105 cm³/mol. The van der Waals surface area contributed by atoms with Gasteiger partial charge in [0.1, 0.15) is 24.5 Å². The Balaban J connectivity index is 1.66. The first kappa shape index (κ1) is 18.9. The van der Waals surface area contributed by atoms with E-state index in [4.69, 9.17) is 16.3 Å². The van der Waals surface area contributed by atoms with E-state index in [9.17, 15) is 8.42 Å². The number of fused-ring (bicyclic) bond motifs is 1. The molecule has 9 heteroatoms. The lowest BCUT2D eigenvalue weighted by molar-refractivity contribution is 0.255. The topological polar surface area (TPSA) is 86.1 Å². The molecule has 2 heterocycles. The molecule has 0 amide bonds. The molecule has 2 atom stereocenters.